The van der Waals surface area contributed by atoms with Crippen molar-refractivity contribution in [2.75, 3.05) is 11.9 Å². The number of halogens is 2. The predicted octanol–water partition coefficient (Wildman–Crippen LogP) is 5.98. The van der Waals surface area contributed by atoms with E-state index in [4.69, 9.17) is 16.3 Å². The summed E-state index contributed by atoms with van der Waals surface area (Å²) in [5.74, 6) is -0.843. The quantitative estimate of drug-likeness (QED) is 0.414. The summed E-state index contributed by atoms with van der Waals surface area (Å²) in [5, 5.41) is 3.47. The van der Waals surface area contributed by atoms with E-state index in [9.17, 15) is 9.59 Å². The van der Waals surface area contributed by atoms with E-state index in [1.165, 1.54) is 11.8 Å². The second kappa shape index (κ2) is 10.5. The van der Waals surface area contributed by atoms with Crippen molar-refractivity contribution in [1.29, 1.82) is 0 Å². The van der Waals surface area contributed by atoms with Crippen LogP contribution in [0.1, 0.15) is 5.56 Å². The van der Waals surface area contributed by atoms with E-state index in [0.29, 0.717) is 10.7 Å². The fourth-order valence-electron chi connectivity index (χ4n) is 2.44. The predicted molar refractivity (Wildman–Crippen MR) is 119 cm³/mol. The molecular weight excluding hydrogens is 474 g/mol. The Morgan fingerprint density at radius 1 is 0.966 bits per heavy atom. The van der Waals surface area contributed by atoms with Crippen LogP contribution in [0, 0.1) is 0 Å². The average Bonchev–Trinajstić information content (AvgIpc) is 2.71. The zero-order chi connectivity index (χ0) is 20.6. The number of carbonyl (C=O) groups excluding carboxylic acids is 2. The summed E-state index contributed by atoms with van der Waals surface area (Å²) in [6, 6.07) is 22.3. The van der Waals surface area contributed by atoms with Crippen LogP contribution in [0.15, 0.2) is 87.1 Å². The van der Waals surface area contributed by atoms with Gasteiger partial charge in [-0.2, -0.15) is 0 Å². The van der Waals surface area contributed by atoms with Gasteiger partial charge in [-0.25, -0.2) is 0 Å². The number of ether oxygens (including phenoxy) is 1. The minimum atomic E-state index is -0.453. The highest BCUT2D eigenvalue weighted by atomic mass is 79.9. The molecule has 0 aliphatic rings. The van der Waals surface area contributed by atoms with Crippen molar-refractivity contribution < 1.29 is 14.3 Å². The van der Waals surface area contributed by atoms with Crippen LogP contribution in [0.2, 0.25) is 5.02 Å². The monoisotopic (exact) mass is 489 g/mol. The van der Waals surface area contributed by atoms with Gasteiger partial charge in [-0.15, -0.1) is 0 Å². The van der Waals surface area contributed by atoms with Gasteiger partial charge in [-0.05, 0) is 54.1 Å². The third-order valence-corrected chi connectivity index (χ3v) is 5.69. The highest BCUT2D eigenvalue weighted by Gasteiger charge is 2.11. The summed E-state index contributed by atoms with van der Waals surface area (Å²) in [6.45, 7) is -0.338. The molecule has 148 valence electrons. The lowest BCUT2D eigenvalue weighted by Crippen LogP contribution is -2.21. The summed E-state index contributed by atoms with van der Waals surface area (Å²) in [4.78, 5) is 26.1. The number of esters is 1. The van der Waals surface area contributed by atoms with Gasteiger partial charge in [-0.3, -0.25) is 9.59 Å². The van der Waals surface area contributed by atoms with E-state index in [0.717, 1.165) is 19.8 Å². The zero-order valence-corrected chi connectivity index (χ0v) is 18.4. The number of rotatable bonds is 7. The number of benzene rings is 3. The van der Waals surface area contributed by atoms with Crippen LogP contribution in [0.25, 0.3) is 0 Å². The summed E-state index contributed by atoms with van der Waals surface area (Å²) < 4.78 is 6.03. The van der Waals surface area contributed by atoms with E-state index in [1.807, 2.05) is 66.7 Å². The lowest BCUT2D eigenvalue weighted by molar-refractivity contribution is -0.146. The molecule has 0 bridgehead atoms. The molecule has 0 aliphatic carbocycles. The molecule has 29 heavy (non-hydrogen) atoms. The maximum atomic E-state index is 12.2. The third-order valence-electron chi connectivity index (χ3n) is 3.83. The maximum Gasteiger partial charge on any atom is 0.310 e. The molecule has 0 aromatic heterocycles. The Morgan fingerprint density at radius 2 is 1.66 bits per heavy atom. The molecule has 0 saturated carbocycles. The number of nitrogens with one attached hydrogen (secondary N) is 1. The molecule has 1 N–H and O–H groups in total. The Hall–Kier alpha value is -2.28. The summed E-state index contributed by atoms with van der Waals surface area (Å²) in [5.41, 5.74) is 1.48. The first-order valence-corrected chi connectivity index (χ1v) is 10.7. The summed E-state index contributed by atoms with van der Waals surface area (Å²) in [6.07, 6.45) is 0.115. The van der Waals surface area contributed by atoms with Gasteiger partial charge in [0.15, 0.2) is 6.61 Å². The number of hydrogen-bond acceptors (Lipinski definition) is 4. The molecule has 7 heteroatoms. The molecule has 0 saturated heterocycles. The van der Waals surface area contributed by atoms with Gasteiger partial charge in [0, 0.05) is 19.3 Å². The van der Waals surface area contributed by atoms with Gasteiger partial charge >= 0.3 is 5.97 Å². The molecule has 0 spiro atoms. The summed E-state index contributed by atoms with van der Waals surface area (Å²) >= 11 is 10.8. The Bertz CT molecular complexity index is 994. The second-order valence-electron chi connectivity index (χ2n) is 6.06. The van der Waals surface area contributed by atoms with Crippen molar-refractivity contribution in [2.45, 2.75) is 16.2 Å². The molecule has 3 rings (SSSR count). The molecule has 0 fully saturated rings. The fourth-order valence-corrected chi connectivity index (χ4v) is 3.73. The highest BCUT2D eigenvalue weighted by Crippen LogP contribution is 2.33. The molecule has 0 heterocycles. The van der Waals surface area contributed by atoms with E-state index < -0.39 is 11.9 Å². The highest BCUT2D eigenvalue weighted by molar-refractivity contribution is 9.10. The standard InChI is InChI=1S/C22H17BrClNO3S/c23-16-7-5-15(6-8-16)13-22(27)28-14-21(26)25-19-3-1-2-4-20(19)29-18-11-9-17(24)10-12-18/h1-12H,13-14H2,(H,25,26). The first-order valence-electron chi connectivity index (χ1n) is 8.72. The first kappa shape index (κ1) is 21.4. The van der Waals surface area contributed by atoms with Gasteiger partial charge in [0.25, 0.3) is 5.91 Å². The lowest BCUT2D eigenvalue weighted by atomic mass is 10.2. The minimum Gasteiger partial charge on any atom is -0.455 e. The van der Waals surface area contributed by atoms with Crippen LogP contribution in [0.5, 0.6) is 0 Å². The first-order chi connectivity index (χ1) is 14.0. The SMILES string of the molecule is O=C(COC(=O)Cc1ccc(Br)cc1)Nc1ccccc1Sc1ccc(Cl)cc1. The Labute approximate surface area is 186 Å². The topological polar surface area (TPSA) is 55.4 Å². The van der Waals surface area contributed by atoms with E-state index in [-0.39, 0.29) is 13.0 Å². The van der Waals surface area contributed by atoms with Crippen molar-refractivity contribution >= 4 is 56.9 Å². The largest absolute Gasteiger partial charge is 0.455 e. The molecular formula is C22H17BrClNO3S. The van der Waals surface area contributed by atoms with Crippen molar-refractivity contribution in [3.8, 4) is 0 Å². The summed E-state index contributed by atoms with van der Waals surface area (Å²) in [7, 11) is 0. The van der Waals surface area contributed by atoms with E-state index >= 15 is 0 Å². The van der Waals surface area contributed by atoms with Gasteiger partial charge < -0.3 is 10.1 Å². The molecule has 3 aromatic carbocycles. The van der Waals surface area contributed by atoms with Crippen LogP contribution >= 0.6 is 39.3 Å². The smallest absolute Gasteiger partial charge is 0.310 e. The van der Waals surface area contributed by atoms with Crippen molar-refractivity contribution in [3.63, 3.8) is 0 Å². The Kier molecular flexibility index (Phi) is 7.75. The van der Waals surface area contributed by atoms with Crippen LogP contribution < -0.4 is 5.32 Å². The second-order valence-corrected chi connectivity index (χ2v) is 8.53. The molecule has 1 amide bonds. The molecule has 0 aliphatic heterocycles. The third kappa shape index (κ3) is 6.92. The number of amides is 1. The minimum absolute atomic E-state index is 0.115. The molecule has 0 atom stereocenters. The van der Waals surface area contributed by atoms with Crippen LogP contribution in [0.4, 0.5) is 5.69 Å². The number of carbonyl (C=O) groups is 2. The fraction of sp³-hybridized carbons (Fsp3) is 0.0909. The average molecular weight is 491 g/mol. The lowest BCUT2D eigenvalue weighted by Gasteiger charge is -2.11. The van der Waals surface area contributed by atoms with E-state index in [1.54, 1.807) is 6.07 Å². The number of para-hydroxylation sites is 1. The Balaban J connectivity index is 1.54. The number of anilines is 1. The van der Waals surface area contributed by atoms with Crippen molar-refractivity contribution in [2.24, 2.45) is 0 Å². The zero-order valence-electron chi connectivity index (χ0n) is 15.2. The van der Waals surface area contributed by atoms with Crippen LogP contribution in [0.3, 0.4) is 0 Å². The van der Waals surface area contributed by atoms with E-state index in [2.05, 4.69) is 21.2 Å². The van der Waals surface area contributed by atoms with Gasteiger partial charge in [0.1, 0.15) is 0 Å². The van der Waals surface area contributed by atoms with Crippen molar-refractivity contribution in [1.82, 2.24) is 0 Å². The van der Waals surface area contributed by atoms with Crippen molar-refractivity contribution in [3.05, 3.63) is 87.9 Å². The van der Waals surface area contributed by atoms with Gasteiger partial charge in [0.2, 0.25) is 0 Å². The normalized spacial score (nSPS) is 10.4. The molecule has 4 nitrogen and oxygen atoms in total. The Morgan fingerprint density at radius 3 is 2.38 bits per heavy atom. The molecule has 0 unspecified atom stereocenters. The molecule has 0 radical (unpaired) electrons. The van der Waals surface area contributed by atoms with Crippen LogP contribution in [-0.2, 0) is 20.7 Å². The van der Waals surface area contributed by atoms with Gasteiger partial charge in [-0.1, -0.05) is 63.6 Å². The van der Waals surface area contributed by atoms with Gasteiger partial charge in [0.05, 0.1) is 12.1 Å². The number of hydrogen-bond donors (Lipinski definition) is 1. The van der Waals surface area contributed by atoms with Crippen LogP contribution in [-0.4, -0.2) is 18.5 Å². The molecule has 3 aromatic rings. The maximum absolute atomic E-state index is 12.2.